The van der Waals surface area contributed by atoms with Gasteiger partial charge < -0.3 is 15.6 Å². The number of aliphatic hydroxyl groups excluding tert-OH is 1. The Bertz CT molecular complexity index is 177. The van der Waals surface area contributed by atoms with E-state index >= 15 is 0 Å². The lowest BCUT2D eigenvalue weighted by Crippen LogP contribution is -2.21. The molecule has 0 fully saturated rings. The van der Waals surface area contributed by atoms with Crippen LogP contribution in [0.3, 0.4) is 0 Å². The van der Waals surface area contributed by atoms with E-state index in [1.165, 1.54) is 6.08 Å². The van der Waals surface area contributed by atoms with Crippen LogP contribution in [0.4, 0.5) is 0 Å². The first-order valence-electron chi connectivity index (χ1n) is 3.92. The maximum Gasteiger partial charge on any atom is 0.356 e. The molecule has 0 aliphatic carbocycles. The molecule has 12 heavy (non-hydrogen) atoms. The van der Waals surface area contributed by atoms with E-state index in [1.54, 1.807) is 6.92 Å². The smallest absolute Gasteiger partial charge is 0.356 e. The second kappa shape index (κ2) is 5.60. The van der Waals surface area contributed by atoms with Crippen molar-refractivity contribution < 1.29 is 14.6 Å². The molecule has 0 aromatic rings. The summed E-state index contributed by atoms with van der Waals surface area (Å²) in [7, 11) is 0. The van der Waals surface area contributed by atoms with Gasteiger partial charge in [0.05, 0.1) is 0 Å². The molecule has 0 heterocycles. The van der Waals surface area contributed by atoms with Crippen LogP contribution in [0, 0.1) is 0 Å². The highest BCUT2D eigenvalue weighted by molar-refractivity contribution is 5.87. The molecule has 1 atom stereocenters. The van der Waals surface area contributed by atoms with Crippen LogP contribution in [0.5, 0.6) is 0 Å². The molecule has 0 bridgehead atoms. The molecule has 70 valence electrons. The third-order valence-electron chi connectivity index (χ3n) is 1.33. The summed E-state index contributed by atoms with van der Waals surface area (Å²) in [5.74, 6) is -0.668. The molecule has 0 rings (SSSR count). The first-order valence-corrected chi connectivity index (χ1v) is 3.92. The number of ether oxygens (including phenoxy) is 1. The Morgan fingerprint density at radius 1 is 1.75 bits per heavy atom. The molecule has 0 amide bonds. The number of hydrogen-bond acceptors (Lipinski definition) is 4. The van der Waals surface area contributed by atoms with Gasteiger partial charge in [-0.1, -0.05) is 19.4 Å². The van der Waals surface area contributed by atoms with Gasteiger partial charge in [-0.3, -0.25) is 0 Å². The monoisotopic (exact) mass is 173 g/mol. The molecule has 0 aromatic carbocycles. The molecule has 3 N–H and O–H groups in total. The summed E-state index contributed by atoms with van der Waals surface area (Å²) >= 11 is 0. The Labute approximate surface area is 72.0 Å². The molecule has 4 heteroatoms. The highest BCUT2D eigenvalue weighted by Crippen LogP contribution is 2.00. The molecular formula is C8H15NO3. The average Bonchev–Trinajstić information content (AvgIpc) is 2.03. The van der Waals surface area contributed by atoms with Gasteiger partial charge in [-0.25, -0.2) is 4.79 Å². The Kier molecular flexibility index (Phi) is 5.12. The van der Waals surface area contributed by atoms with E-state index in [-0.39, 0.29) is 5.70 Å². The predicted octanol–water partition coefficient (Wildman–Crippen LogP) is 0.511. The summed E-state index contributed by atoms with van der Waals surface area (Å²) in [4.78, 5) is 10.9. The molecular weight excluding hydrogens is 158 g/mol. The van der Waals surface area contributed by atoms with E-state index in [1.807, 2.05) is 6.92 Å². The van der Waals surface area contributed by atoms with Crippen molar-refractivity contribution >= 4 is 5.97 Å². The van der Waals surface area contributed by atoms with Gasteiger partial charge in [0.25, 0.3) is 0 Å². The van der Waals surface area contributed by atoms with Crippen molar-refractivity contribution in [2.24, 2.45) is 5.73 Å². The molecule has 0 saturated carbocycles. The van der Waals surface area contributed by atoms with Crippen LogP contribution in [-0.2, 0) is 9.53 Å². The van der Waals surface area contributed by atoms with Gasteiger partial charge in [0, 0.05) is 6.42 Å². The highest BCUT2D eigenvalue weighted by Gasteiger charge is 2.11. The SMILES string of the molecule is C/C=C(\N)C(=O)OC(O)CCC. The fourth-order valence-corrected chi connectivity index (χ4v) is 0.615. The van der Waals surface area contributed by atoms with Crippen LogP contribution < -0.4 is 5.73 Å². The second-order valence-corrected chi connectivity index (χ2v) is 2.39. The van der Waals surface area contributed by atoms with E-state index in [9.17, 15) is 4.79 Å². The Morgan fingerprint density at radius 2 is 2.33 bits per heavy atom. The number of rotatable bonds is 4. The van der Waals surface area contributed by atoms with E-state index < -0.39 is 12.3 Å². The lowest BCUT2D eigenvalue weighted by Gasteiger charge is -2.10. The zero-order valence-corrected chi connectivity index (χ0v) is 7.41. The summed E-state index contributed by atoms with van der Waals surface area (Å²) in [5, 5.41) is 9.04. The molecule has 1 unspecified atom stereocenters. The maximum atomic E-state index is 10.9. The number of esters is 1. The molecule has 0 radical (unpaired) electrons. The second-order valence-electron chi connectivity index (χ2n) is 2.39. The van der Waals surface area contributed by atoms with Crippen LogP contribution in [0.15, 0.2) is 11.8 Å². The number of nitrogens with two attached hydrogens (primary N) is 1. The van der Waals surface area contributed by atoms with Crippen molar-refractivity contribution in [1.82, 2.24) is 0 Å². The van der Waals surface area contributed by atoms with Crippen LogP contribution in [-0.4, -0.2) is 17.4 Å². The largest absolute Gasteiger partial charge is 0.431 e. The zero-order chi connectivity index (χ0) is 9.56. The molecule has 0 aliphatic heterocycles. The van der Waals surface area contributed by atoms with Crippen molar-refractivity contribution in [3.05, 3.63) is 11.8 Å². The number of hydrogen-bond donors (Lipinski definition) is 2. The first-order chi connectivity index (χ1) is 5.61. The predicted molar refractivity (Wildman–Crippen MR) is 45.0 cm³/mol. The molecule has 0 spiro atoms. The van der Waals surface area contributed by atoms with Crippen molar-refractivity contribution in [3.63, 3.8) is 0 Å². The number of aliphatic hydroxyl groups is 1. The Morgan fingerprint density at radius 3 is 2.75 bits per heavy atom. The van der Waals surface area contributed by atoms with E-state index in [0.717, 1.165) is 6.42 Å². The summed E-state index contributed by atoms with van der Waals surface area (Å²) < 4.78 is 4.57. The normalized spacial score (nSPS) is 14.1. The summed E-state index contributed by atoms with van der Waals surface area (Å²) in [5.41, 5.74) is 5.26. The Hall–Kier alpha value is -1.03. The van der Waals surface area contributed by atoms with Gasteiger partial charge >= 0.3 is 5.97 Å². The van der Waals surface area contributed by atoms with Crippen LogP contribution in [0.2, 0.25) is 0 Å². The van der Waals surface area contributed by atoms with Crippen LogP contribution in [0.25, 0.3) is 0 Å². The lowest BCUT2D eigenvalue weighted by molar-refractivity contribution is -0.163. The minimum absolute atomic E-state index is 0.0187. The van der Waals surface area contributed by atoms with Gasteiger partial charge in [0.1, 0.15) is 5.70 Å². The average molecular weight is 173 g/mol. The van der Waals surface area contributed by atoms with Crippen molar-refractivity contribution in [3.8, 4) is 0 Å². The summed E-state index contributed by atoms with van der Waals surface area (Å²) in [6.45, 7) is 3.51. The molecule has 0 aromatic heterocycles. The fourth-order valence-electron chi connectivity index (χ4n) is 0.615. The number of carbonyl (C=O) groups is 1. The fraction of sp³-hybridized carbons (Fsp3) is 0.625. The van der Waals surface area contributed by atoms with Crippen LogP contribution >= 0.6 is 0 Å². The van der Waals surface area contributed by atoms with Gasteiger partial charge in [-0.05, 0) is 6.92 Å². The van der Waals surface area contributed by atoms with E-state index in [4.69, 9.17) is 10.8 Å². The molecule has 0 saturated heterocycles. The zero-order valence-electron chi connectivity index (χ0n) is 7.41. The molecule has 4 nitrogen and oxygen atoms in total. The quantitative estimate of drug-likeness (QED) is 0.369. The Balaban J connectivity index is 3.84. The van der Waals surface area contributed by atoms with Gasteiger partial charge in [0.15, 0.2) is 0 Å². The summed E-state index contributed by atoms with van der Waals surface area (Å²) in [6.07, 6.45) is 1.58. The standard InChI is InChI=1S/C8H15NO3/c1-3-5-7(10)12-8(11)6(9)4-2/h4,7,10H,3,5,9H2,1-2H3/b6-4-. The minimum Gasteiger partial charge on any atom is -0.431 e. The van der Waals surface area contributed by atoms with Gasteiger partial charge in [-0.15, -0.1) is 0 Å². The summed E-state index contributed by atoms with van der Waals surface area (Å²) in [6, 6.07) is 0. The van der Waals surface area contributed by atoms with Crippen molar-refractivity contribution in [2.45, 2.75) is 33.0 Å². The lowest BCUT2D eigenvalue weighted by atomic mass is 10.3. The van der Waals surface area contributed by atoms with Crippen LogP contribution in [0.1, 0.15) is 26.7 Å². The number of allylic oxidation sites excluding steroid dienone is 1. The topological polar surface area (TPSA) is 72.6 Å². The van der Waals surface area contributed by atoms with Gasteiger partial charge in [0.2, 0.25) is 6.29 Å². The first kappa shape index (κ1) is 11.0. The minimum atomic E-state index is -1.04. The molecule has 0 aliphatic rings. The van der Waals surface area contributed by atoms with Crippen molar-refractivity contribution in [1.29, 1.82) is 0 Å². The van der Waals surface area contributed by atoms with E-state index in [0.29, 0.717) is 6.42 Å². The number of carbonyl (C=O) groups excluding carboxylic acids is 1. The van der Waals surface area contributed by atoms with E-state index in [2.05, 4.69) is 4.74 Å². The highest BCUT2D eigenvalue weighted by atomic mass is 16.6. The van der Waals surface area contributed by atoms with Crippen molar-refractivity contribution in [2.75, 3.05) is 0 Å². The third-order valence-corrected chi connectivity index (χ3v) is 1.33. The van der Waals surface area contributed by atoms with Gasteiger partial charge in [-0.2, -0.15) is 0 Å². The maximum absolute atomic E-state index is 10.9. The third kappa shape index (κ3) is 3.98.